The Morgan fingerprint density at radius 2 is 1.95 bits per heavy atom. The molecule has 3 nitrogen and oxygen atoms in total. The Bertz CT molecular complexity index is 456. The number of anilines is 1. The summed E-state index contributed by atoms with van der Waals surface area (Å²) >= 11 is 0. The molecule has 0 aliphatic rings. The van der Waals surface area contributed by atoms with Crippen molar-refractivity contribution in [1.29, 1.82) is 5.26 Å². The van der Waals surface area contributed by atoms with Gasteiger partial charge in [-0.25, -0.2) is 0 Å². The second-order valence-electron chi connectivity index (χ2n) is 4.83. The zero-order valence-corrected chi connectivity index (χ0v) is 12.0. The maximum Gasteiger partial charge on any atom is 0.229 e. The Labute approximate surface area is 115 Å². The van der Waals surface area contributed by atoms with Gasteiger partial charge in [0.15, 0.2) is 0 Å². The van der Waals surface area contributed by atoms with E-state index in [2.05, 4.69) is 19.9 Å². The highest BCUT2D eigenvalue weighted by Crippen LogP contribution is 2.21. The number of nitrogens with zero attached hydrogens (tertiary/aromatic N) is 2. The molecule has 0 radical (unpaired) electrons. The smallest absolute Gasteiger partial charge is 0.229 e. The van der Waals surface area contributed by atoms with E-state index in [-0.39, 0.29) is 11.8 Å². The Morgan fingerprint density at radius 3 is 2.47 bits per heavy atom. The third-order valence-corrected chi connectivity index (χ3v) is 3.32. The number of nitriles is 1. The standard InChI is InChI=1S/C16H22N2O/c1-4-7-14(8-5-2)16(19)18(3)15-10-6-9-13(11-15)12-17/h6,9-11,14H,4-5,7-8H2,1-3H3. The van der Waals surface area contributed by atoms with Crippen LogP contribution in [0.4, 0.5) is 5.69 Å². The number of benzene rings is 1. The van der Waals surface area contributed by atoms with Gasteiger partial charge < -0.3 is 4.90 Å². The number of hydrogen-bond donors (Lipinski definition) is 0. The van der Waals surface area contributed by atoms with E-state index in [0.717, 1.165) is 31.4 Å². The summed E-state index contributed by atoms with van der Waals surface area (Å²) in [5.74, 6) is 0.240. The first kappa shape index (κ1) is 15.2. The van der Waals surface area contributed by atoms with Gasteiger partial charge in [0.25, 0.3) is 0 Å². The van der Waals surface area contributed by atoms with Gasteiger partial charge in [0.05, 0.1) is 11.6 Å². The van der Waals surface area contributed by atoms with Crippen LogP contribution in [-0.2, 0) is 4.79 Å². The highest BCUT2D eigenvalue weighted by molar-refractivity contribution is 5.94. The average molecular weight is 258 g/mol. The van der Waals surface area contributed by atoms with Gasteiger partial charge in [-0.1, -0.05) is 32.8 Å². The summed E-state index contributed by atoms with van der Waals surface area (Å²) in [7, 11) is 1.79. The summed E-state index contributed by atoms with van der Waals surface area (Å²) in [6.45, 7) is 4.21. The van der Waals surface area contributed by atoms with Gasteiger partial charge in [-0.3, -0.25) is 4.79 Å². The van der Waals surface area contributed by atoms with Gasteiger partial charge >= 0.3 is 0 Å². The highest BCUT2D eigenvalue weighted by Gasteiger charge is 2.21. The van der Waals surface area contributed by atoms with Crippen molar-refractivity contribution in [3.63, 3.8) is 0 Å². The van der Waals surface area contributed by atoms with Crippen molar-refractivity contribution in [1.82, 2.24) is 0 Å². The first-order valence-corrected chi connectivity index (χ1v) is 6.91. The Hall–Kier alpha value is -1.82. The lowest BCUT2D eigenvalue weighted by Gasteiger charge is -2.23. The van der Waals surface area contributed by atoms with Crippen LogP contribution in [0.1, 0.15) is 45.1 Å². The number of carbonyl (C=O) groups is 1. The first-order chi connectivity index (χ1) is 9.13. The topological polar surface area (TPSA) is 44.1 Å². The third-order valence-electron chi connectivity index (χ3n) is 3.32. The van der Waals surface area contributed by atoms with Crippen LogP contribution in [0.3, 0.4) is 0 Å². The summed E-state index contributed by atoms with van der Waals surface area (Å²) in [5, 5.41) is 8.91. The van der Waals surface area contributed by atoms with Gasteiger partial charge in [-0.15, -0.1) is 0 Å². The fourth-order valence-electron chi connectivity index (χ4n) is 2.27. The van der Waals surface area contributed by atoms with Crippen LogP contribution < -0.4 is 4.90 Å². The van der Waals surface area contributed by atoms with Crippen molar-refractivity contribution in [3.05, 3.63) is 29.8 Å². The van der Waals surface area contributed by atoms with Crippen LogP contribution in [0.15, 0.2) is 24.3 Å². The van der Waals surface area contributed by atoms with Crippen molar-refractivity contribution >= 4 is 11.6 Å². The van der Waals surface area contributed by atoms with Crippen molar-refractivity contribution in [2.24, 2.45) is 5.92 Å². The van der Waals surface area contributed by atoms with Crippen molar-refractivity contribution in [2.45, 2.75) is 39.5 Å². The van der Waals surface area contributed by atoms with E-state index in [9.17, 15) is 4.79 Å². The van der Waals surface area contributed by atoms with E-state index in [1.165, 1.54) is 0 Å². The summed E-state index contributed by atoms with van der Waals surface area (Å²) < 4.78 is 0. The average Bonchev–Trinajstić information content (AvgIpc) is 2.45. The number of amides is 1. The minimum absolute atomic E-state index is 0.0886. The molecule has 19 heavy (non-hydrogen) atoms. The van der Waals surface area contributed by atoms with Gasteiger partial charge in [-0.2, -0.15) is 5.26 Å². The predicted molar refractivity (Wildman–Crippen MR) is 77.9 cm³/mol. The lowest BCUT2D eigenvalue weighted by Crippen LogP contribution is -2.32. The molecule has 0 fully saturated rings. The third kappa shape index (κ3) is 4.10. The van der Waals surface area contributed by atoms with Crippen LogP contribution in [0.2, 0.25) is 0 Å². The molecule has 0 bridgehead atoms. The van der Waals surface area contributed by atoms with Crippen LogP contribution >= 0.6 is 0 Å². The second kappa shape index (κ2) is 7.58. The molecule has 0 aliphatic carbocycles. The van der Waals surface area contributed by atoms with E-state index < -0.39 is 0 Å². The van der Waals surface area contributed by atoms with E-state index in [1.54, 1.807) is 24.1 Å². The van der Waals surface area contributed by atoms with E-state index in [1.807, 2.05) is 12.1 Å². The zero-order chi connectivity index (χ0) is 14.3. The molecule has 0 saturated heterocycles. The van der Waals surface area contributed by atoms with Gasteiger partial charge in [0, 0.05) is 18.7 Å². The fourth-order valence-corrected chi connectivity index (χ4v) is 2.27. The molecular weight excluding hydrogens is 236 g/mol. The minimum Gasteiger partial charge on any atom is -0.315 e. The molecule has 0 heterocycles. The number of hydrogen-bond acceptors (Lipinski definition) is 2. The van der Waals surface area contributed by atoms with Crippen molar-refractivity contribution in [2.75, 3.05) is 11.9 Å². The maximum atomic E-state index is 12.5. The van der Waals surface area contributed by atoms with E-state index in [4.69, 9.17) is 5.26 Å². The Balaban J connectivity index is 2.87. The van der Waals surface area contributed by atoms with Gasteiger partial charge in [0.2, 0.25) is 5.91 Å². The molecule has 0 spiro atoms. The van der Waals surface area contributed by atoms with Gasteiger partial charge in [-0.05, 0) is 31.0 Å². The Morgan fingerprint density at radius 1 is 1.32 bits per heavy atom. The molecule has 0 N–H and O–H groups in total. The molecule has 1 aromatic carbocycles. The largest absolute Gasteiger partial charge is 0.315 e. The molecule has 0 saturated carbocycles. The first-order valence-electron chi connectivity index (χ1n) is 6.91. The minimum atomic E-state index is 0.0886. The van der Waals surface area contributed by atoms with Crippen LogP contribution in [0.25, 0.3) is 0 Å². The zero-order valence-electron chi connectivity index (χ0n) is 12.0. The van der Waals surface area contributed by atoms with E-state index in [0.29, 0.717) is 5.56 Å². The molecule has 1 aromatic rings. The fraction of sp³-hybridized carbons (Fsp3) is 0.500. The quantitative estimate of drug-likeness (QED) is 0.780. The summed E-state index contributed by atoms with van der Waals surface area (Å²) in [6, 6.07) is 9.29. The molecule has 0 atom stereocenters. The Kier molecular flexibility index (Phi) is 6.08. The number of carbonyl (C=O) groups excluding carboxylic acids is 1. The SMILES string of the molecule is CCCC(CCC)C(=O)N(C)c1cccc(C#N)c1. The van der Waals surface area contributed by atoms with Crippen molar-refractivity contribution < 1.29 is 4.79 Å². The number of rotatable bonds is 6. The van der Waals surface area contributed by atoms with Crippen LogP contribution in [-0.4, -0.2) is 13.0 Å². The van der Waals surface area contributed by atoms with Gasteiger partial charge in [0.1, 0.15) is 0 Å². The van der Waals surface area contributed by atoms with E-state index >= 15 is 0 Å². The molecule has 0 aliphatic heterocycles. The lowest BCUT2D eigenvalue weighted by molar-refractivity contribution is -0.122. The van der Waals surface area contributed by atoms with Crippen LogP contribution in [0, 0.1) is 17.2 Å². The molecule has 1 amide bonds. The molecule has 1 rings (SSSR count). The molecule has 3 heteroatoms. The monoisotopic (exact) mass is 258 g/mol. The van der Waals surface area contributed by atoms with Crippen molar-refractivity contribution in [3.8, 4) is 6.07 Å². The molecular formula is C16H22N2O. The normalized spacial score (nSPS) is 10.3. The maximum absolute atomic E-state index is 12.5. The second-order valence-corrected chi connectivity index (χ2v) is 4.83. The summed E-state index contributed by atoms with van der Waals surface area (Å²) in [5.41, 5.74) is 1.38. The highest BCUT2D eigenvalue weighted by atomic mass is 16.2. The predicted octanol–water partition coefficient (Wildman–Crippen LogP) is 3.74. The molecule has 0 aromatic heterocycles. The summed E-state index contributed by atoms with van der Waals surface area (Å²) in [4.78, 5) is 14.1. The van der Waals surface area contributed by atoms with Crippen LogP contribution in [0.5, 0.6) is 0 Å². The molecule has 102 valence electrons. The lowest BCUT2D eigenvalue weighted by atomic mass is 9.96. The molecule has 0 unspecified atom stereocenters. The summed E-state index contributed by atoms with van der Waals surface area (Å²) in [6.07, 6.45) is 3.88.